The first kappa shape index (κ1) is 17.9. The number of benzene rings is 1. The predicted molar refractivity (Wildman–Crippen MR) is 96.1 cm³/mol. The molecule has 2 rings (SSSR count). The van der Waals surface area contributed by atoms with Gasteiger partial charge in [0.1, 0.15) is 0 Å². The van der Waals surface area contributed by atoms with Crippen LogP contribution in [-0.2, 0) is 6.54 Å². The van der Waals surface area contributed by atoms with Gasteiger partial charge in [-0.25, -0.2) is 0 Å². The monoisotopic (exact) mass is 327 g/mol. The number of rotatable bonds is 8. The van der Waals surface area contributed by atoms with Crippen molar-refractivity contribution in [3.05, 3.63) is 53.7 Å². The van der Waals surface area contributed by atoms with Crippen LogP contribution in [0.1, 0.15) is 22.5 Å². The van der Waals surface area contributed by atoms with Gasteiger partial charge < -0.3 is 15.1 Å². The van der Waals surface area contributed by atoms with Crippen LogP contribution in [0.4, 0.5) is 5.82 Å². The third-order valence-electron chi connectivity index (χ3n) is 3.60. The van der Waals surface area contributed by atoms with E-state index in [-0.39, 0.29) is 5.91 Å². The normalized spacial score (nSPS) is 10.7. The van der Waals surface area contributed by atoms with Gasteiger partial charge in [0.25, 0.3) is 5.91 Å². The van der Waals surface area contributed by atoms with E-state index < -0.39 is 0 Å². The van der Waals surface area contributed by atoms with Gasteiger partial charge in [0, 0.05) is 20.1 Å². The van der Waals surface area contributed by atoms with Crippen molar-refractivity contribution in [3.63, 3.8) is 0 Å². The van der Waals surface area contributed by atoms with Gasteiger partial charge in [0.2, 0.25) is 0 Å². The largest absolute Gasteiger partial charge is 0.354 e. The molecule has 0 spiro atoms. The van der Waals surface area contributed by atoms with Crippen LogP contribution in [0.2, 0.25) is 0 Å². The van der Waals surface area contributed by atoms with Crippen molar-refractivity contribution in [1.82, 2.24) is 20.4 Å². The van der Waals surface area contributed by atoms with E-state index in [2.05, 4.69) is 32.5 Å². The SMILES string of the molecule is CN(C)CCCNC(=O)c1ccc(N(C)Cc2ccccc2)nn1. The third kappa shape index (κ3) is 5.62. The molecule has 0 atom stereocenters. The van der Waals surface area contributed by atoms with Crippen molar-refractivity contribution in [1.29, 1.82) is 0 Å². The maximum Gasteiger partial charge on any atom is 0.271 e. The van der Waals surface area contributed by atoms with E-state index in [9.17, 15) is 4.79 Å². The number of nitrogens with one attached hydrogen (secondary N) is 1. The van der Waals surface area contributed by atoms with Crippen molar-refractivity contribution < 1.29 is 4.79 Å². The van der Waals surface area contributed by atoms with Crippen molar-refractivity contribution in [2.75, 3.05) is 39.1 Å². The average Bonchev–Trinajstić information content (AvgIpc) is 2.59. The standard InChI is InChI=1S/C18H25N5O/c1-22(2)13-7-12-19-18(24)16-10-11-17(21-20-16)23(3)14-15-8-5-4-6-9-15/h4-6,8-11H,7,12-14H2,1-3H3,(H,19,24). The average molecular weight is 327 g/mol. The summed E-state index contributed by atoms with van der Waals surface area (Å²) < 4.78 is 0. The smallest absolute Gasteiger partial charge is 0.271 e. The number of anilines is 1. The van der Waals surface area contributed by atoms with Crippen molar-refractivity contribution in [2.24, 2.45) is 0 Å². The number of carbonyl (C=O) groups is 1. The fourth-order valence-electron chi connectivity index (χ4n) is 2.28. The van der Waals surface area contributed by atoms with Crippen LogP contribution >= 0.6 is 0 Å². The van der Waals surface area contributed by atoms with E-state index in [1.807, 2.05) is 50.3 Å². The Kier molecular flexibility index (Phi) is 6.69. The molecule has 0 unspecified atom stereocenters. The molecule has 0 saturated heterocycles. The Balaban J connectivity index is 1.86. The maximum absolute atomic E-state index is 12.0. The highest BCUT2D eigenvalue weighted by Gasteiger charge is 2.09. The van der Waals surface area contributed by atoms with Crippen LogP contribution < -0.4 is 10.2 Å². The highest BCUT2D eigenvalue weighted by molar-refractivity contribution is 5.92. The molecule has 2 aromatic rings. The fraction of sp³-hybridized carbons (Fsp3) is 0.389. The van der Waals surface area contributed by atoms with Crippen LogP contribution in [0.15, 0.2) is 42.5 Å². The number of nitrogens with zero attached hydrogens (tertiary/aromatic N) is 4. The van der Waals surface area contributed by atoms with E-state index in [4.69, 9.17) is 0 Å². The molecule has 1 N–H and O–H groups in total. The predicted octanol–water partition coefficient (Wildman–Crippen LogP) is 1.79. The highest BCUT2D eigenvalue weighted by Crippen LogP contribution is 2.11. The number of amides is 1. The summed E-state index contributed by atoms with van der Waals surface area (Å²) in [5.74, 6) is 0.557. The van der Waals surface area contributed by atoms with E-state index in [1.165, 1.54) is 5.56 Å². The molecule has 0 bridgehead atoms. The van der Waals surface area contributed by atoms with Crippen molar-refractivity contribution in [3.8, 4) is 0 Å². The lowest BCUT2D eigenvalue weighted by Crippen LogP contribution is -2.28. The molecule has 1 aromatic carbocycles. The highest BCUT2D eigenvalue weighted by atomic mass is 16.1. The van der Waals surface area contributed by atoms with Gasteiger partial charge in [0.05, 0.1) is 0 Å². The summed E-state index contributed by atoms with van der Waals surface area (Å²) in [7, 11) is 5.98. The lowest BCUT2D eigenvalue weighted by Gasteiger charge is -2.17. The van der Waals surface area contributed by atoms with Gasteiger partial charge in [-0.15, -0.1) is 10.2 Å². The minimum absolute atomic E-state index is 0.182. The molecule has 6 nitrogen and oxygen atoms in total. The fourth-order valence-corrected chi connectivity index (χ4v) is 2.28. The summed E-state index contributed by atoms with van der Waals surface area (Å²) >= 11 is 0. The second kappa shape index (κ2) is 8.98. The van der Waals surface area contributed by atoms with Gasteiger partial charge in [-0.1, -0.05) is 30.3 Å². The van der Waals surface area contributed by atoms with E-state index in [1.54, 1.807) is 6.07 Å². The van der Waals surface area contributed by atoms with Gasteiger partial charge >= 0.3 is 0 Å². The van der Waals surface area contributed by atoms with Gasteiger partial charge in [0.15, 0.2) is 11.5 Å². The minimum atomic E-state index is -0.182. The summed E-state index contributed by atoms with van der Waals surface area (Å²) in [5, 5.41) is 11.1. The Morgan fingerprint density at radius 3 is 2.42 bits per heavy atom. The van der Waals surface area contributed by atoms with Crippen LogP contribution in [0.5, 0.6) is 0 Å². The first-order chi connectivity index (χ1) is 11.6. The van der Waals surface area contributed by atoms with Crippen molar-refractivity contribution in [2.45, 2.75) is 13.0 Å². The molecular weight excluding hydrogens is 302 g/mol. The second-order valence-electron chi connectivity index (χ2n) is 6.03. The van der Waals surface area contributed by atoms with Crippen LogP contribution in [-0.4, -0.2) is 55.2 Å². The summed E-state index contributed by atoms with van der Waals surface area (Å²) in [4.78, 5) is 16.1. The summed E-state index contributed by atoms with van der Waals surface area (Å²) in [6, 6.07) is 13.7. The molecular formula is C18H25N5O. The lowest BCUT2D eigenvalue weighted by atomic mass is 10.2. The zero-order chi connectivity index (χ0) is 17.4. The number of carbonyl (C=O) groups excluding carboxylic acids is 1. The zero-order valence-corrected chi connectivity index (χ0v) is 14.6. The second-order valence-corrected chi connectivity index (χ2v) is 6.03. The third-order valence-corrected chi connectivity index (χ3v) is 3.60. The number of hydrogen-bond donors (Lipinski definition) is 1. The summed E-state index contributed by atoms with van der Waals surface area (Å²) in [6.45, 7) is 2.31. The molecule has 1 heterocycles. The maximum atomic E-state index is 12.0. The molecule has 6 heteroatoms. The van der Waals surface area contributed by atoms with Gasteiger partial charge in [-0.3, -0.25) is 4.79 Å². The van der Waals surface area contributed by atoms with Gasteiger partial charge in [-0.2, -0.15) is 0 Å². The number of hydrogen-bond acceptors (Lipinski definition) is 5. The molecule has 0 fully saturated rings. The topological polar surface area (TPSA) is 61.4 Å². The molecule has 0 aliphatic rings. The quantitative estimate of drug-likeness (QED) is 0.749. The first-order valence-electron chi connectivity index (χ1n) is 8.08. The van der Waals surface area contributed by atoms with Crippen LogP contribution in [0.25, 0.3) is 0 Å². The van der Waals surface area contributed by atoms with E-state index in [0.29, 0.717) is 12.2 Å². The molecule has 0 radical (unpaired) electrons. The number of aromatic nitrogens is 2. The Hall–Kier alpha value is -2.47. The Morgan fingerprint density at radius 2 is 1.79 bits per heavy atom. The van der Waals surface area contributed by atoms with E-state index >= 15 is 0 Å². The molecule has 1 aromatic heterocycles. The molecule has 0 aliphatic heterocycles. The van der Waals surface area contributed by atoms with Crippen molar-refractivity contribution >= 4 is 11.7 Å². The molecule has 0 aliphatic carbocycles. The van der Waals surface area contributed by atoms with E-state index in [0.717, 1.165) is 25.3 Å². The first-order valence-corrected chi connectivity index (χ1v) is 8.08. The lowest BCUT2D eigenvalue weighted by molar-refractivity contribution is 0.0946. The molecule has 128 valence electrons. The molecule has 0 saturated carbocycles. The Morgan fingerprint density at radius 1 is 1.04 bits per heavy atom. The summed E-state index contributed by atoms with van der Waals surface area (Å²) in [6.07, 6.45) is 0.907. The zero-order valence-electron chi connectivity index (χ0n) is 14.6. The van der Waals surface area contributed by atoms with Gasteiger partial charge in [-0.05, 0) is 44.8 Å². The Bertz CT molecular complexity index is 628. The summed E-state index contributed by atoms with van der Waals surface area (Å²) in [5.41, 5.74) is 1.54. The minimum Gasteiger partial charge on any atom is -0.354 e. The van der Waals surface area contributed by atoms with Crippen LogP contribution in [0.3, 0.4) is 0 Å². The van der Waals surface area contributed by atoms with Crippen LogP contribution in [0, 0.1) is 0 Å². The Labute approximate surface area is 143 Å². The molecule has 1 amide bonds. The molecule has 24 heavy (non-hydrogen) atoms.